The Hall–Kier alpha value is -3.67. The van der Waals surface area contributed by atoms with Gasteiger partial charge in [-0.05, 0) is 68.7 Å². The Bertz CT molecular complexity index is 1090. The van der Waals surface area contributed by atoms with Crippen molar-refractivity contribution < 1.29 is 14.3 Å². The van der Waals surface area contributed by atoms with E-state index in [0.29, 0.717) is 35.7 Å². The summed E-state index contributed by atoms with van der Waals surface area (Å²) in [6, 6.07) is 18.3. The molecule has 2 aromatic carbocycles. The van der Waals surface area contributed by atoms with E-state index in [1.54, 1.807) is 36.5 Å². The van der Waals surface area contributed by atoms with E-state index in [9.17, 15) is 9.59 Å². The number of nitrogens with zero attached hydrogens (tertiary/aromatic N) is 1. The highest BCUT2D eigenvalue weighted by atomic mass is 16.5. The largest absolute Gasteiger partial charge is 0.457 e. The number of nitrogens with one attached hydrogen (secondary N) is 2. The monoisotopic (exact) mass is 401 g/mol. The van der Waals surface area contributed by atoms with Gasteiger partial charge in [0.25, 0.3) is 0 Å². The fourth-order valence-electron chi connectivity index (χ4n) is 3.26. The van der Waals surface area contributed by atoms with E-state index in [2.05, 4.69) is 15.6 Å². The van der Waals surface area contributed by atoms with Crippen molar-refractivity contribution in [2.75, 3.05) is 10.6 Å². The minimum absolute atomic E-state index is 0.267. The Labute approximate surface area is 175 Å². The van der Waals surface area contributed by atoms with Crippen molar-refractivity contribution in [1.29, 1.82) is 0 Å². The summed E-state index contributed by atoms with van der Waals surface area (Å²) in [6.45, 7) is 3.79. The SMILES string of the molecule is Cc1cc(Oc2ccc(NC(=O)C3(C(=O)Nc4ccccc4)CC3)c(C)c2)ccn1. The van der Waals surface area contributed by atoms with Crippen molar-refractivity contribution in [3.8, 4) is 11.5 Å². The lowest BCUT2D eigenvalue weighted by Gasteiger charge is -2.17. The summed E-state index contributed by atoms with van der Waals surface area (Å²) in [5, 5.41) is 5.76. The van der Waals surface area contributed by atoms with Gasteiger partial charge in [0.15, 0.2) is 0 Å². The van der Waals surface area contributed by atoms with Gasteiger partial charge >= 0.3 is 0 Å². The molecule has 4 rings (SSSR count). The molecule has 1 saturated carbocycles. The molecule has 0 aliphatic heterocycles. The molecule has 0 radical (unpaired) electrons. The highest BCUT2D eigenvalue weighted by Gasteiger charge is 2.56. The molecule has 1 aliphatic rings. The first kappa shape index (κ1) is 19.6. The number of amides is 2. The Morgan fingerprint density at radius 3 is 2.27 bits per heavy atom. The van der Waals surface area contributed by atoms with Crippen LogP contribution < -0.4 is 15.4 Å². The number of anilines is 2. The van der Waals surface area contributed by atoms with Gasteiger partial charge in [-0.25, -0.2) is 0 Å². The minimum Gasteiger partial charge on any atom is -0.457 e. The van der Waals surface area contributed by atoms with E-state index in [1.807, 2.05) is 44.2 Å². The number of ether oxygens (including phenoxy) is 1. The number of aryl methyl sites for hydroxylation is 2. The van der Waals surface area contributed by atoms with Crippen molar-refractivity contribution >= 4 is 23.2 Å². The van der Waals surface area contributed by atoms with Crippen molar-refractivity contribution in [2.45, 2.75) is 26.7 Å². The van der Waals surface area contributed by atoms with Gasteiger partial charge < -0.3 is 15.4 Å². The average molecular weight is 401 g/mol. The van der Waals surface area contributed by atoms with Crippen LogP contribution in [-0.2, 0) is 9.59 Å². The first-order valence-corrected chi connectivity index (χ1v) is 9.85. The molecule has 0 bridgehead atoms. The maximum absolute atomic E-state index is 12.9. The number of para-hydroxylation sites is 1. The lowest BCUT2D eigenvalue weighted by atomic mass is 10.0. The van der Waals surface area contributed by atoms with Crippen LogP contribution >= 0.6 is 0 Å². The van der Waals surface area contributed by atoms with Gasteiger partial charge in [0.2, 0.25) is 11.8 Å². The predicted octanol–water partition coefficient (Wildman–Crippen LogP) is 4.85. The molecule has 2 amide bonds. The second-order valence-electron chi connectivity index (χ2n) is 7.57. The number of hydrogen-bond acceptors (Lipinski definition) is 4. The van der Waals surface area contributed by atoms with Crippen molar-refractivity contribution in [3.05, 3.63) is 78.1 Å². The van der Waals surface area contributed by atoms with E-state index in [0.717, 1.165) is 11.3 Å². The maximum Gasteiger partial charge on any atom is 0.240 e. The van der Waals surface area contributed by atoms with Crippen LogP contribution in [0.5, 0.6) is 11.5 Å². The quantitative estimate of drug-likeness (QED) is 0.579. The molecular weight excluding hydrogens is 378 g/mol. The highest BCUT2D eigenvalue weighted by Crippen LogP contribution is 2.47. The molecule has 1 fully saturated rings. The fraction of sp³-hybridized carbons (Fsp3) is 0.208. The number of benzene rings is 2. The van der Waals surface area contributed by atoms with Gasteiger partial charge in [-0.3, -0.25) is 14.6 Å². The Kier molecular flexibility index (Phi) is 5.23. The lowest BCUT2D eigenvalue weighted by molar-refractivity contribution is -0.131. The summed E-state index contributed by atoms with van der Waals surface area (Å²) in [5.74, 6) is 0.821. The van der Waals surface area contributed by atoms with E-state index in [1.165, 1.54) is 0 Å². The van der Waals surface area contributed by atoms with Gasteiger partial charge in [0.05, 0.1) is 0 Å². The third kappa shape index (κ3) is 4.17. The van der Waals surface area contributed by atoms with Crippen molar-refractivity contribution in [1.82, 2.24) is 4.98 Å². The molecule has 2 N–H and O–H groups in total. The third-order valence-electron chi connectivity index (χ3n) is 5.20. The summed E-state index contributed by atoms with van der Waals surface area (Å²) < 4.78 is 5.87. The Morgan fingerprint density at radius 1 is 0.900 bits per heavy atom. The van der Waals surface area contributed by atoms with Crippen LogP contribution in [0, 0.1) is 19.3 Å². The Morgan fingerprint density at radius 2 is 1.60 bits per heavy atom. The van der Waals surface area contributed by atoms with E-state index >= 15 is 0 Å². The first-order valence-electron chi connectivity index (χ1n) is 9.85. The van der Waals surface area contributed by atoms with Gasteiger partial charge in [0.1, 0.15) is 16.9 Å². The zero-order valence-electron chi connectivity index (χ0n) is 16.9. The topological polar surface area (TPSA) is 80.3 Å². The van der Waals surface area contributed by atoms with E-state index in [-0.39, 0.29) is 11.8 Å². The van der Waals surface area contributed by atoms with Gasteiger partial charge in [-0.15, -0.1) is 0 Å². The predicted molar refractivity (Wildman–Crippen MR) is 116 cm³/mol. The molecule has 0 atom stereocenters. The van der Waals surface area contributed by atoms with Crippen LogP contribution in [0.2, 0.25) is 0 Å². The molecular formula is C24H23N3O3. The van der Waals surface area contributed by atoms with Crippen LogP contribution in [0.1, 0.15) is 24.1 Å². The van der Waals surface area contributed by atoms with Crippen LogP contribution in [-0.4, -0.2) is 16.8 Å². The zero-order chi connectivity index (χ0) is 21.1. The fourth-order valence-corrected chi connectivity index (χ4v) is 3.26. The lowest BCUT2D eigenvalue weighted by Crippen LogP contribution is -2.35. The van der Waals surface area contributed by atoms with E-state index in [4.69, 9.17) is 4.74 Å². The summed E-state index contributed by atoms with van der Waals surface area (Å²) in [6.07, 6.45) is 2.78. The van der Waals surface area contributed by atoms with Gasteiger partial charge in [-0.2, -0.15) is 0 Å². The summed E-state index contributed by atoms with van der Waals surface area (Å²) in [4.78, 5) is 29.7. The molecule has 0 spiro atoms. The second-order valence-corrected chi connectivity index (χ2v) is 7.57. The van der Waals surface area contributed by atoms with Crippen molar-refractivity contribution in [3.63, 3.8) is 0 Å². The average Bonchev–Trinajstić information content (AvgIpc) is 3.53. The molecule has 3 aromatic rings. The molecule has 0 saturated heterocycles. The first-order chi connectivity index (χ1) is 14.5. The number of hydrogen-bond donors (Lipinski definition) is 2. The summed E-state index contributed by atoms with van der Waals surface area (Å²) >= 11 is 0. The normalized spacial score (nSPS) is 13.9. The number of rotatable bonds is 6. The second kappa shape index (κ2) is 7.99. The van der Waals surface area contributed by atoms with Crippen LogP contribution in [0.25, 0.3) is 0 Å². The standard InChI is InChI=1S/C24H23N3O3/c1-16-14-19(30-20-10-13-25-17(2)15-20)8-9-21(16)27-23(29)24(11-12-24)22(28)26-18-6-4-3-5-7-18/h3-10,13-15H,11-12H2,1-2H3,(H,26,28)(H,27,29). The molecule has 152 valence electrons. The minimum atomic E-state index is -1.01. The molecule has 1 heterocycles. The molecule has 1 aromatic heterocycles. The number of carbonyl (C=O) groups excluding carboxylic acids is 2. The summed E-state index contributed by atoms with van der Waals surface area (Å²) in [5.41, 5.74) is 2.07. The van der Waals surface area contributed by atoms with Gasteiger partial charge in [0, 0.05) is 29.3 Å². The third-order valence-corrected chi connectivity index (χ3v) is 5.20. The zero-order valence-corrected chi connectivity index (χ0v) is 16.9. The van der Waals surface area contributed by atoms with Crippen molar-refractivity contribution in [2.24, 2.45) is 5.41 Å². The molecule has 30 heavy (non-hydrogen) atoms. The molecule has 0 unspecified atom stereocenters. The molecule has 6 heteroatoms. The summed E-state index contributed by atoms with van der Waals surface area (Å²) in [7, 11) is 0. The van der Waals surface area contributed by atoms with Gasteiger partial charge in [-0.1, -0.05) is 18.2 Å². The van der Waals surface area contributed by atoms with Crippen LogP contribution in [0.15, 0.2) is 66.9 Å². The number of pyridine rings is 1. The van der Waals surface area contributed by atoms with Crippen LogP contribution in [0.4, 0.5) is 11.4 Å². The maximum atomic E-state index is 12.9. The Balaban J connectivity index is 1.43. The van der Waals surface area contributed by atoms with Crippen LogP contribution in [0.3, 0.4) is 0 Å². The van der Waals surface area contributed by atoms with E-state index < -0.39 is 5.41 Å². The molecule has 6 nitrogen and oxygen atoms in total. The molecule has 1 aliphatic carbocycles. The number of aromatic nitrogens is 1. The number of carbonyl (C=O) groups is 2. The smallest absolute Gasteiger partial charge is 0.240 e. The highest BCUT2D eigenvalue weighted by molar-refractivity contribution is 6.17.